The Balaban J connectivity index is 0.000000339. The number of carboxylic acids is 1. The number of hydrogen-bond acceptors (Lipinski definition) is 6. The first-order chi connectivity index (χ1) is 14.7. The molecule has 0 spiro atoms. The number of ether oxygens (including phenoxy) is 1. The van der Waals surface area contributed by atoms with Gasteiger partial charge >= 0.3 is 12.1 Å². The summed E-state index contributed by atoms with van der Waals surface area (Å²) in [5.41, 5.74) is 0. The SMILES string of the molecule is O=C(C[C@H]1OC[C@H]2CN(Cc3cccs3)CC[C@H]21)N1CCCCO1.O=C(O)C(F)(F)F. The van der Waals surface area contributed by atoms with Gasteiger partial charge in [-0.05, 0) is 43.2 Å². The molecular formula is C20H27F3N2O5S. The van der Waals surface area contributed by atoms with Crippen LogP contribution in [0.15, 0.2) is 17.5 Å². The van der Waals surface area contributed by atoms with Crippen LogP contribution >= 0.6 is 11.3 Å². The number of nitrogens with zero attached hydrogens (tertiary/aromatic N) is 2. The van der Waals surface area contributed by atoms with E-state index in [9.17, 15) is 18.0 Å². The van der Waals surface area contributed by atoms with Crippen molar-refractivity contribution in [3.63, 3.8) is 0 Å². The average Bonchev–Trinajstić information content (AvgIpc) is 3.38. The van der Waals surface area contributed by atoms with Crippen LogP contribution in [-0.4, -0.2) is 72.1 Å². The van der Waals surface area contributed by atoms with E-state index in [0.717, 1.165) is 52.0 Å². The molecule has 31 heavy (non-hydrogen) atoms. The molecule has 0 aromatic carbocycles. The molecule has 0 unspecified atom stereocenters. The fraction of sp³-hybridized carbons (Fsp3) is 0.700. The molecule has 174 valence electrons. The Hall–Kier alpha value is -1.69. The second-order valence-electron chi connectivity index (χ2n) is 7.94. The Morgan fingerprint density at radius 1 is 1.26 bits per heavy atom. The van der Waals surface area contributed by atoms with Crippen LogP contribution in [-0.2, 0) is 25.7 Å². The predicted octanol–water partition coefficient (Wildman–Crippen LogP) is 3.16. The van der Waals surface area contributed by atoms with Crippen LogP contribution < -0.4 is 0 Å². The zero-order valence-electron chi connectivity index (χ0n) is 17.1. The third kappa shape index (κ3) is 6.90. The number of amides is 1. The molecule has 1 aromatic rings. The number of aliphatic carboxylic acids is 1. The van der Waals surface area contributed by atoms with E-state index in [2.05, 4.69) is 22.4 Å². The Morgan fingerprint density at radius 3 is 2.65 bits per heavy atom. The molecule has 3 atom stereocenters. The van der Waals surface area contributed by atoms with E-state index in [0.29, 0.717) is 24.9 Å². The van der Waals surface area contributed by atoms with Crippen molar-refractivity contribution in [2.75, 3.05) is 32.8 Å². The van der Waals surface area contributed by atoms with Crippen LogP contribution in [0, 0.1) is 11.8 Å². The molecule has 3 saturated heterocycles. The van der Waals surface area contributed by atoms with Gasteiger partial charge in [0.05, 0.1) is 25.7 Å². The highest BCUT2D eigenvalue weighted by molar-refractivity contribution is 7.09. The van der Waals surface area contributed by atoms with Gasteiger partial charge in [0.2, 0.25) is 5.91 Å². The molecule has 3 aliphatic rings. The maximum Gasteiger partial charge on any atom is 0.490 e. The summed E-state index contributed by atoms with van der Waals surface area (Å²) in [5, 5.41) is 10.8. The van der Waals surface area contributed by atoms with Crippen molar-refractivity contribution < 1.29 is 37.4 Å². The minimum atomic E-state index is -5.08. The van der Waals surface area contributed by atoms with Gasteiger partial charge in [-0.1, -0.05) is 6.07 Å². The number of alkyl halides is 3. The second-order valence-corrected chi connectivity index (χ2v) is 8.97. The summed E-state index contributed by atoms with van der Waals surface area (Å²) in [7, 11) is 0. The number of carbonyl (C=O) groups excluding carboxylic acids is 1. The van der Waals surface area contributed by atoms with Gasteiger partial charge in [-0.25, -0.2) is 9.86 Å². The van der Waals surface area contributed by atoms with Gasteiger partial charge in [0.15, 0.2) is 0 Å². The zero-order valence-corrected chi connectivity index (χ0v) is 17.9. The lowest BCUT2D eigenvalue weighted by Gasteiger charge is -2.35. The van der Waals surface area contributed by atoms with Crippen molar-refractivity contribution in [1.29, 1.82) is 0 Å². The highest BCUT2D eigenvalue weighted by Crippen LogP contribution is 2.36. The number of thiophene rings is 1. The molecule has 4 heterocycles. The lowest BCUT2D eigenvalue weighted by Crippen LogP contribution is -2.42. The van der Waals surface area contributed by atoms with Gasteiger partial charge in [-0.15, -0.1) is 11.3 Å². The summed E-state index contributed by atoms with van der Waals surface area (Å²) in [6.07, 6.45) is -1.30. The average molecular weight is 465 g/mol. The van der Waals surface area contributed by atoms with Gasteiger partial charge in [0.1, 0.15) is 0 Å². The minimum Gasteiger partial charge on any atom is -0.475 e. The Kier molecular flexibility index (Phi) is 8.31. The van der Waals surface area contributed by atoms with Crippen LogP contribution in [0.1, 0.15) is 30.6 Å². The molecule has 0 aliphatic carbocycles. The van der Waals surface area contributed by atoms with Crippen molar-refractivity contribution in [3.8, 4) is 0 Å². The number of fused-ring (bicyclic) bond motifs is 1. The van der Waals surface area contributed by atoms with E-state index >= 15 is 0 Å². The highest BCUT2D eigenvalue weighted by atomic mass is 32.1. The van der Waals surface area contributed by atoms with Gasteiger partial charge in [0.25, 0.3) is 0 Å². The van der Waals surface area contributed by atoms with E-state index in [1.807, 2.05) is 11.3 Å². The van der Waals surface area contributed by atoms with Crippen molar-refractivity contribution in [2.24, 2.45) is 11.8 Å². The van der Waals surface area contributed by atoms with Gasteiger partial charge in [-0.2, -0.15) is 13.2 Å². The Bertz CT molecular complexity index is 725. The molecule has 4 rings (SSSR count). The Morgan fingerprint density at radius 2 is 2.03 bits per heavy atom. The quantitative estimate of drug-likeness (QED) is 0.738. The number of carbonyl (C=O) groups is 2. The smallest absolute Gasteiger partial charge is 0.475 e. The lowest BCUT2D eigenvalue weighted by molar-refractivity contribution is -0.199. The molecule has 3 fully saturated rings. The first kappa shape index (κ1) is 24.0. The number of carboxylic acid groups (broad SMARTS) is 1. The van der Waals surface area contributed by atoms with Gasteiger partial charge in [0, 0.05) is 30.4 Å². The standard InChI is InChI=1S/C18H26N2O3S.C2HF3O2/c21-18(20-6-1-2-8-23-20)10-17-16-5-7-19(11-14(16)13-22-17)12-15-4-3-9-24-15;3-2(4,5)1(6)7/h3-4,9,14,16-17H,1-2,5-8,10-13H2;(H,6,7)/t14-,16-,17-;/m1./s1. The molecular weight excluding hydrogens is 437 g/mol. The largest absolute Gasteiger partial charge is 0.490 e. The first-order valence-electron chi connectivity index (χ1n) is 10.3. The molecule has 1 N–H and O–H groups in total. The number of likely N-dealkylation sites (tertiary alicyclic amines) is 1. The molecule has 1 amide bonds. The molecule has 3 aliphatic heterocycles. The third-order valence-electron chi connectivity index (χ3n) is 5.74. The van der Waals surface area contributed by atoms with E-state index in [-0.39, 0.29) is 12.0 Å². The van der Waals surface area contributed by atoms with Crippen molar-refractivity contribution in [2.45, 2.75) is 44.5 Å². The third-order valence-corrected chi connectivity index (χ3v) is 6.60. The van der Waals surface area contributed by atoms with Crippen LogP contribution in [0.4, 0.5) is 13.2 Å². The van der Waals surface area contributed by atoms with Crippen molar-refractivity contribution >= 4 is 23.2 Å². The number of rotatable bonds is 4. The van der Waals surface area contributed by atoms with Gasteiger partial charge in [-0.3, -0.25) is 14.5 Å². The summed E-state index contributed by atoms with van der Waals surface area (Å²) in [6.45, 7) is 5.44. The van der Waals surface area contributed by atoms with Crippen LogP contribution in [0.5, 0.6) is 0 Å². The minimum absolute atomic E-state index is 0.0805. The maximum absolute atomic E-state index is 12.4. The van der Waals surface area contributed by atoms with E-state index in [1.165, 1.54) is 4.88 Å². The topological polar surface area (TPSA) is 79.3 Å². The first-order valence-corrected chi connectivity index (χ1v) is 11.2. The number of hydroxylamine groups is 2. The normalized spacial score (nSPS) is 26.7. The van der Waals surface area contributed by atoms with E-state index in [4.69, 9.17) is 19.5 Å². The summed E-state index contributed by atoms with van der Waals surface area (Å²) < 4.78 is 37.8. The maximum atomic E-state index is 12.4. The molecule has 0 saturated carbocycles. The second kappa shape index (κ2) is 10.8. The lowest BCUT2D eigenvalue weighted by atomic mass is 9.83. The van der Waals surface area contributed by atoms with Crippen LogP contribution in [0.25, 0.3) is 0 Å². The monoisotopic (exact) mass is 464 g/mol. The summed E-state index contributed by atoms with van der Waals surface area (Å²) in [5.74, 6) is -1.56. The number of halogens is 3. The number of hydrogen-bond donors (Lipinski definition) is 1. The molecule has 11 heteroatoms. The van der Waals surface area contributed by atoms with Crippen LogP contribution in [0.2, 0.25) is 0 Å². The molecule has 0 bridgehead atoms. The molecule has 7 nitrogen and oxygen atoms in total. The van der Waals surface area contributed by atoms with Crippen molar-refractivity contribution in [3.05, 3.63) is 22.4 Å². The fourth-order valence-electron chi connectivity index (χ4n) is 4.21. The summed E-state index contributed by atoms with van der Waals surface area (Å²) >= 11 is 1.83. The molecule has 0 radical (unpaired) electrons. The summed E-state index contributed by atoms with van der Waals surface area (Å²) in [6, 6.07) is 4.33. The van der Waals surface area contributed by atoms with Crippen LogP contribution in [0.3, 0.4) is 0 Å². The summed E-state index contributed by atoms with van der Waals surface area (Å²) in [4.78, 5) is 30.8. The van der Waals surface area contributed by atoms with E-state index in [1.54, 1.807) is 5.06 Å². The van der Waals surface area contributed by atoms with Gasteiger partial charge < -0.3 is 9.84 Å². The Labute approximate surface area is 182 Å². The molecule has 1 aromatic heterocycles. The highest BCUT2D eigenvalue weighted by Gasteiger charge is 2.42. The number of piperidine rings is 1. The fourth-order valence-corrected chi connectivity index (χ4v) is 4.95. The van der Waals surface area contributed by atoms with E-state index < -0.39 is 12.1 Å². The zero-order chi connectivity index (χ0) is 22.4. The van der Waals surface area contributed by atoms with Crippen molar-refractivity contribution in [1.82, 2.24) is 9.96 Å². The predicted molar refractivity (Wildman–Crippen MR) is 106 cm³/mol.